The van der Waals surface area contributed by atoms with Crippen LogP contribution in [-0.4, -0.2) is 5.78 Å². The maximum absolute atomic E-state index is 12.2. The summed E-state index contributed by atoms with van der Waals surface area (Å²) in [6.45, 7) is 0. The predicted molar refractivity (Wildman–Crippen MR) is 66.7 cm³/mol. The Kier molecular flexibility index (Phi) is 6.48. The fraction of sp³-hybridized carbons (Fsp3) is 0.0667. The van der Waals surface area contributed by atoms with E-state index in [1.54, 1.807) is 18.2 Å². The summed E-state index contributed by atoms with van der Waals surface area (Å²) in [4.78, 5) is 12.2. The molecule has 0 bridgehead atoms. The van der Waals surface area contributed by atoms with Crippen LogP contribution in [0.4, 0.5) is 0 Å². The van der Waals surface area contributed by atoms with E-state index in [0.717, 1.165) is 5.56 Å². The molecule has 2 aromatic rings. The van der Waals surface area contributed by atoms with Gasteiger partial charge in [0.15, 0.2) is 5.78 Å². The Morgan fingerprint density at radius 3 is 2.33 bits per heavy atom. The van der Waals surface area contributed by atoms with Gasteiger partial charge in [-0.15, -0.1) is 0 Å². The molecule has 0 amide bonds. The summed E-state index contributed by atoms with van der Waals surface area (Å²) < 4.78 is 0. The summed E-state index contributed by atoms with van der Waals surface area (Å²) in [5.74, 6) is -0.0311. The molecule has 0 aromatic heterocycles. The minimum Gasteiger partial charge on any atom is -1.00 e. The van der Waals surface area contributed by atoms with Gasteiger partial charge in [-0.05, 0) is 5.56 Å². The molecule has 0 N–H and O–H groups in total. The fourth-order valence-electron chi connectivity index (χ4n) is 1.73. The van der Waals surface area contributed by atoms with Crippen molar-refractivity contribution in [3.05, 3.63) is 71.3 Å². The van der Waals surface area contributed by atoms with Crippen LogP contribution in [0.5, 0.6) is 0 Å². The average molecular weight is 261 g/mol. The molecule has 0 atom stereocenters. The maximum atomic E-state index is 12.2. The van der Waals surface area contributed by atoms with Gasteiger partial charge >= 0.3 is 51.4 Å². The van der Waals surface area contributed by atoms with Crippen LogP contribution >= 0.6 is 0 Å². The van der Waals surface area contributed by atoms with E-state index in [0.29, 0.717) is 11.1 Å². The van der Waals surface area contributed by atoms with Crippen molar-refractivity contribution in [2.45, 2.75) is 6.42 Å². The largest absolute Gasteiger partial charge is 1.00 e. The van der Waals surface area contributed by atoms with Gasteiger partial charge in [-0.25, -0.2) is 0 Å². The number of carbonyl (C=O) groups excluding carboxylic acids is 1. The summed E-state index contributed by atoms with van der Waals surface area (Å²) in [5.41, 5.74) is 2.04. The molecule has 2 nitrogen and oxygen atoms in total. The molecule has 2 aromatic carbocycles. The van der Waals surface area contributed by atoms with Gasteiger partial charge < -0.3 is 1.43 Å². The molecule has 0 aliphatic rings. The summed E-state index contributed by atoms with van der Waals surface area (Å²) in [7, 11) is 0. The second-order valence-corrected chi connectivity index (χ2v) is 3.69. The molecule has 0 fully saturated rings. The van der Waals surface area contributed by atoms with E-state index in [2.05, 4.69) is 6.07 Å². The number of nitrogens with zero attached hydrogens (tertiary/aromatic N) is 1. The minimum absolute atomic E-state index is 0. The normalized spacial score (nSPS) is 9.06. The van der Waals surface area contributed by atoms with Crippen molar-refractivity contribution in [3.8, 4) is 6.07 Å². The van der Waals surface area contributed by atoms with Crippen molar-refractivity contribution in [1.82, 2.24) is 0 Å². The number of nitriles is 1. The van der Waals surface area contributed by atoms with E-state index < -0.39 is 0 Å². The van der Waals surface area contributed by atoms with Gasteiger partial charge in [-0.3, -0.25) is 4.79 Å². The van der Waals surface area contributed by atoms with Gasteiger partial charge in [0, 0.05) is 11.1 Å². The Balaban J connectivity index is 0.00000162. The zero-order valence-electron chi connectivity index (χ0n) is 11.3. The van der Waals surface area contributed by atoms with Crippen molar-refractivity contribution in [1.29, 1.82) is 5.26 Å². The first-order valence-electron chi connectivity index (χ1n) is 5.37. The third-order valence-electron chi connectivity index (χ3n) is 2.57. The average Bonchev–Trinajstić information content (AvgIpc) is 2.40. The van der Waals surface area contributed by atoms with Crippen molar-refractivity contribution < 1.29 is 57.6 Å². The molecule has 0 spiro atoms. The van der Waals surface area contributed by atoms with Crippen LogP contribution in [0.1, 0.15) is 22.9 Å². The topological polar surface area (TPSA) is 40.9 Å². The number of rotatable bonds is 3. The smallest absolute Gasteiger partial charge is 1.00 e. The van der Waals surface area contributed by atoms with Crippen molar-refractivity contribution in [2.24, 2.45) is 0 Å². The Morgan fingerprint density at radius 2 is 1.67 bits per heavy atom. The molecule has 0 heterocycles. The molecule has 18 heavy (non-hydrogen) atoms. The number of carbonyl (C=O) groups is 1. The standard InChI is InChI=1S/C15H11NO.K.H/c16-11-10-12-6-4-5-9-14(12)15(17)13-7-2-1-3-8-13;;/h1-9H,10H2;;/q;+1;-1. The molecule has 2 rings (SSSR count). The van der Waals surface area contributed by atoms with Crippen molar-refractivity contribution >= 4 is 5.78 Å². The Labute approximate surface area is 151 Å². The predicted octanol–water partition coefficient (Wildman–Crippen LogP) is 0.100. The number of hydrogen-bond acceptors (Lipinski definition) is 2. The van der Waals surface area contributed by atoms with Crippen molar-refractivity contribution in [2.75, 3.05) is 0 Å². The van der Waals surface area contributed by atoms with Gasteiger partial charge in [0.1, 0.15) is 0 Å². The van der Waals surface area contributed by atoms with E-state index in [4.69, 9.17) is 5.26 Å². The molecular weight excluding hydrogens is 249 g/mol. The third kappa shape index (κ3) is 3.61. The van der Waals surface area contributed by atoms with Crippen LogP contribution in [-0.2, 0) is 6.42 Å². The molecule has 0 aliphatic heterocycles. The van der Waals surface area contributed by atoms with Gasteiger partial charge in [0.2, 0.25) is 0 Å². The monoisotopic (exact) mass is 261 g/mol. The first-order valence-corrected chi connectivity index (χ1v) is 5.37. The van der Waals surface area contributed by atoms with E-state index >= 15 is 0 Å². The number of benzene rings is 2. The number of ketones is 1. The molecule has 3 heteroatoms. The summed E-state index contributed by atoms with van der Waals surface area (Å²) in [5, 5.41) is 8.74. The second-order valence-electron chi connectivity index (χ2n) is 3.69. The summed E-state index contributed by atoms with van der Waals surface area (Å²) in [6.07, 6.45) is 0.259. The van der Waals surface area contributed by atoms with Gasteiger partial charge in [-0.2, -0.15) is 5.26 Å². The van der Waals surface area contributed by atoms with Crippen LogP contribution in [0.25, 0.3) is 0 Å². The SMILES string of the molecule is N#CCc1ccccc1C(=O)c1ccccc1.[H-].[K+]. The molecule has 0 radical (unpaired) electrons. The van der Waals surface area contributed by atoms with Crippen LogP contribution < -0.4 is 51.4 Å². The Bertz CT molecular complexity index is 578. The molecular formula is C15H12KNO. The first-order chi connectivity index (χ1) is 8.33. The van der Waals surface area contributed by atoms with Crippen molar-refractivity contribution in [3.63, 3.8) is 0 Å². The van der Waals surface area contributed by atoms with Crippen LogP contribution in [0.3, 0.4) is 0 Å². The van der Waals surface area contributed by atoms with E-state index in [1.807, 2.05) is 36.4 Å². The van der Waals surface area contributed by atoms with Crippen LogP contribution in [0.15, 0.2) is 54.6 Å². The molecule has 0 aliphatic carbocycles. The third-order valence-corrected chi connectivity index (χ3v) is 2.57. The van der Waals surface area contributed by atoms with Gasteiger partial charge in [0.25, 0.3) is 0 Å². The van der Waals surface area contributed by atoms with E-state index in [1.165, 1.54) is 0 Å². The van der Waals surface area contributed by atoms with E-state index in [-0.39, 0.29) is 65.0 Å². The van der Waals surface area contributed by atoms with E-state index in [9.17, 15) is 4.79 Å². The molecule has 0 saturated heterocycles. The summed E-state index contributed by atoms with van der Waals surface area (Å²) in [6, 6.07) is 18.4. The zero-order chi connectivity index (χ0) is 12.1. The van der Waals surface area contributed by atoms with Gasteiger partial charge in [-0.1, -0.05) is 54.6 Å². The zero-order valence-corrected chi connectivity index (χ0v) is 13.4. The second kappa shape index (κ2) is 7.62. The van der Waals surface area contributed by atoms with Crippen LogP contribution in [0.2, 0.25) is 0 Å². The van der Waals surface area contributed by atoms with Gasteiger partial charge in [0.05, 0.1) is 12.5 Å². The Morgan fingerprint density at radius 1 is 1.06 bits per heavy atom. The summed E-state index contributed by atoms with van der Waals surface area (Å²) >= 11 is 0. The quantitative estimate of drug-likeness (QED) is 0.581. The van der Waals surface area contributed by atoms with Crippen LogP contribution in [0, 0.1) is 11.3 Å². The first kappa shape index (κ1) is 15.3. The number of hydrogen-bond donors (Lipinski definition) is 0. The molecule has 84 valence electrons. The molecule has 0 unspecified atom stereocenters. The minimum atomic E-state index is -0.0311. The Hall–Kier alpha value is -0.764. The fourth-order valence-corrected chi connectivity index (χ4v) is 1.73. The maximum Gasteiger partial charge on any atom is 1.00 e. The molecule has 0 saturated carbocycles.